The molecule has 2 aromatic carbocycles. The Balaban J connectivity index is 2.15. The molecule has 0 fully saturated rings. The Morgan fingerprint density at radius 2 is 1.84 bits per heavy atom. The first-order valence-electron chi connectivity index (χ1n) is 7.64. The van der Waals surface area contributed by atoms with Gasteiger partial charge in [0.05, 0.1) is 20.5 Å². The molecule has 2 aromatic rings. The molecule has 0 saturated carbocycles. The average Bonchev–Trinajstić information content (AvgIpc) is 2.93. The van der Waals surface area contributed by atoms with E-state index in [9.17, 15) is 16.8 Å². The van der Waals surface area contributed by atoms with Gasteiger partial charge in [-0.2, -0.15) is 16.8 Å². The first-order chi connectivity index (χ1) is 11.7. The van der Waals surface area contributed by atoms with Crippen molar-refractivity contribution >= 4 is 53.5 Å². The third-order valence-electron chi connectivity index (χ3n) is 4.00. The van der Waals surface area contributed by atoms with Gasteiger partial charge in [0.2, 0.25) is 0 Å². The van der Waals surface area contributed by atoms with Crippen LogP contribution in [0.1, 0.15) is 27.2 Å². The quantitative estimate of drug-likeness (QED) is 0.767. The minimum atomic E-state index is -4.47. The largest absolute Gasteiger partial charge is 0.312 e. The standard InChI is InChI=1S/C16H17NO5S3/c1-4-10(2)24(18,19)22-25(20,21)15-7-5-6-13-12(15)8-9-14-16(13)17-11(3)23-14/h5-10H,4H2,1-3H3/q+1. The lowest BCUT2D eigenvalue weighted by Crippen LogP contribution is -2.23. The number of nitrogens with zero attached hydrogens (tertiary/aromatic N) is 1. The first kappa shape index (κ1) is 18.4. The SMILES string of the molecule is CCC(C)S(=O)(=O)OS(=O)(=O)c1cccc2c3c(ccc12)SC(C)=[N+]3. The van der Waals surface area contributed by atoms with Crippen LogP contribution in [-0.4, -0.2) is 27.1 Å². The summed E-state index contributed by atoms with van der Waals surface area (Å²) in [5, 5.41) is 0.989. The Kier molecular flexibility index (Phi) is 4.69. The zero-order chi connectivity index (χ0) is 18.4. The average molecular weight is 400 g/mol. The predicted octanol–water partition coefficient (Wildman–Crippen LogP) is 3.16. The van der Waals surface area contributed by atoms with Crippen LogP contribution in [0.2, 0.25) is 0 Å². The molecule has 1 heterocycles. The maximum Gasteiger partial charge on any atom is 0.312 e. The van der Waals surface area contributed by atoms with E-state index in [1.165, 1.54) is 24.8 Å². The number of hydrogen-bond donors (Lipinski definition) is 0. The number of benzene rings is 2. The highest BCUT2D eigenvalue weighted by Crippen LogP contribution is 2.40. The summed E-state index contributed by atoms with van der Waals surface area (Å²) in [6.45, 7) is 4.94. The van der Waals surface area contributed by atoms with Crippen molar-refractivity contribution in [3.63, 3.8) is 0 Å². The highest BCUT2D eigenvalue weighted by molar-refractivity contribution is 8.14. The predicted molar refractivity (Wildman–Crippen MR) is 99.2 cm³/mol. The molecular formula is C16H17NO5S3+. The molecule has 0 N–H and O–H groups in total. The van der Waals surface area contributed by atoms with Gasteiger partial charge in [0.25, 0.3) is 20.8 Å². The van der Waals surface area contributed by atoms with Crippen LogP contribution in [0.25, 0.3) is 10.8 Å². The minimum absolute atomic E-state index is 0.176. The van der Waals surface area contributed by atoms with Crippen molar-refractivity contribution in [3.8, 4) is 0 Å². The molecule has 9 heteroatoms. The molecule has 133 valence electrons. The molecule has 0 spiro atoms. The Morgan fingerprint density at radius 1 is 1.12 bits per heavy atom. The van der Waals surface area contributed by atoms with Crippen LogP contribution >= 0.6 is 11.8 Å². The van der Waals surface area contributed by atoms with Crippen LogP contribution in [0, 0.1) is 0 Å². The fraction of sp³-hybridized carbons (Fsp3) is 0.312. The topological polar surface area (TPSA) is 91.6 Å². The van der Waals surface area contributed by atoms with Crippen LogP contribution < -0.4 is 4.99 Å². The van der Waals surface area contributed by atoms with E-state index in [0.717, 1.165) is 9.94 Å². The molecule has 1 atom stereocenters. The van der Waals surface area contributed by atoms with Gasteiger partial charge in [-0.1, -0.05) is 19.1 Å². The monoisotopic (exact) mass is 399 g/mol. The van der Waals surface area contributed by atoms with Crippen LogP contribution in [0.3, 0.4) is 0 Å². The van der Waals surface area contributed by atoms with E-state index in [1.807, 2.05) is 6.92 Å². The zero-order valence-electron chi connectivity index (χ0n) is 13.9. The number of hydrogen-bond acceptors (Lipinski definition) is 7. The summed E-state index contributed by atoms with van der Waals surface area (Å²) < 4.78 is 54.0. The lowest BCUT2D eigenvalue weighted by atomic mass is 10.1. The summed E-state index contributed by atoms with van der Waals surface area (Å²) in [6.07, 6.45) is 0.256. The van der Waals surface area contributed by atoms with Crippen molar-refractivity contribution in [1.29, 1.82) is 0 Å². The van der Waals surface area contributed by atoms with Gasteiger partial charge in [0.1, 0.15) is 4.90 Å². The van der Waals surface area contributed by atoms with E-state index in [4.69, 9.17) is 0 Å². The third-order valence-corrected chi connectivity index (χ3v) is 8.63. The van der Waals surface area contributed by atoms with Crippen molar-refractivity contribution < 1.29 is 20.5 Å². The Morgan fingerprint density at radius 3 is 2.52 bits per heavy atom. The lowest BCUT2D eigenvalue weighted by Gasteiger charge is -2.12. The first-order valence-corrected chi connectivity index (χ1v) is 11.3. The molecular weight excluding hydrogens is 382 g/mol. The molecule has 1 radical (unpaired) electrons. The van der Waals surface area contributed by atoms with Gasteiger partial charge in [-0.25, -0.2) is 0 Å². The highest BCUT2D eigenvalue weighted by atomic mass is 32.3. The molecule has 0 bridgehead atoms. The molecule has 3 rings (SSSR count). The second-order valence-corrected chi connectivity index (χ2v) is 10.6. The van der Waals surface area contributed by atoms with Gasteiger partial charge in [0.15, 0.2) is 0 Å². The van der Waals surface area contributed by atoms with Gasteiger partial charge >= 0.3 is 10.1 Å². The summed E-state index contributed by atoms with van der Waals surface area (Å²) in [4.78, 5) is 5.21. The Hall–Kier alpha value is -1.42. The number of fused-ring (bicyclic) bond motifs is 3. The number of rotatable bonds is 5. The molecule has 0 saturated heterocycles. The second kappa shape index (κ2) is 6.39. The number of thioether (sulfide) groups is 1. The molecule has 6 nitrogen and oxygen atoms in total. The van der Waals surface area contributed by atoms with E-state index < -0.39 is 25.5 Å². The lowest BCUT2D eigenvalue weighted by molar-refractivity contribution is 0.453. The summed E-state index contributed by atoms with van der Waals surface area (Å²) in [6, 6.07) is 8.10. The Bertz CT molecular complexity index is 1090. The fourth-order valence-electron chi connectivity index (χ4n) is 2.48. The maximum absolute atomic E-state index is 12.6. The van der Waals surface area contributed by atoms with E-state index >= 15 is 0 Å². The fourth-order valence-corrected chi connectivity index (χ4v) is 6.25. The molecule has 1 aliphatic rings. The summed E-state index contributed by atoms with van der Waals surface area (Å²) >= 11 is 1.51. The third kappa shape index (κ3) is 3.33. The minimum Gasteiger partial charge on any atom is -0.198 e. The van der Waals surface area contributed by atoms with Gasteiger partial charge in [-0.15, -0.1) is 3.63 Å². The molecule has 1 aliphatic heterocycles. The van der Waals surface area contributed by atoms with Gasteiger partial charge in [-0.05, 0) is 43.3 Å². The van der Waals surface area contributed by atoms with Gasteiger partial charge < -0.3 is 0 Å². The molecule has 1 unspecified atom stereocenters. The van der Waals surface area contributed by atoms with Crippen molar-refractivity contribution in [3.05, 3.63) is 30.3 Å². The number of aliphatic imine (C=N–C) groups is 1. The van der Waals surface area contributed by atoms with Gasteiger partial charge in [0, 0.05) is 12.3 Å². The van der Waals surface area contributed by atoms with Crippen molar-refractivity contribution in [2.45, 2.75) is 42.2 Å². The van der Waals surface area contributed by atoms with Crippen LogP contribution in [-0.2, 0) is 23.9 Å². The smallest absolute Gasteiger partial charge is 0.198 e. The van der Waals surface area contributed by atoms with Crippen molar-refractivity contribution in [1.82, 2.24) is 4.99 Å². The van der Waals surface area contributed by atoms with Crippen molar-refractivity contribution in [2.75, 3.05) is 0 Å². The molecule has 0 amide bonds. The normalized spacial score (nSPS) is 15.9. The van der Waals surface area contributed by atoms with Crippen LogP contribution in [0.15, 0.2) is 40.1 Å². The van der Waals surface area contributed by atoms with E-state index in [0.29, 0.717) is 16.5 Å². The second-order valence-electron chi connectivity index (χ2n) is 5.73. The molecule has 0 aliphatic carbocycles. The van der Waals surface area contributed by atoms with Crippen molar-refractivity contribution in [2.24, 2.45) is 0 Å². The van der Waals surface area contributed by atoms with Crippen LogP contribution in [0.5, 0.6) is 0 Å². The summed E-state index contributed by atoms with van der Waals surface area (Å²) in [5.41, 5.74) is 0.696. The van der Waals surface area contributed by atoms with E-state index in [-0.39, 0.29) is 11.3 Å². The summed E-state index contributed by atoms with van der Waals surface area (Å²) in [5.74, 6) is 0. The van der Waals surface area contributed by atoms with Crippen LogP contribution in [0.4, 0.5) is 5.69 Å². The zero-order valence-corrected chi connectivity index (χ0v) is 16.3. The molecule has 0 aromatic heterocycles. The summed E-state index contributed by atoms with van der Waals surface area (Å²) in [7, 11) is -8.70. The maximum atomic E-state index is 12.6. The highest BCUT2D eigenvalue weighted by Gasteiger charge is 2.33. The van der Waals surface area contributed by atoms with E-state index in [1.54, 1.807) is 31.2 Å². The van der Waals surface area contributed by atoms with E-state index in [2.05, 4.69) is 8.62 Å². The Labute approximate surface area is 151 Å². The van der Waals surface area contributed by atoms with Gasteiger partial charge in [-0.3, -0.25) is 0 Å². The molecule has 25 heavy (non-hydrogen) atoms.